The van der Waals surface area contributed by atoms with E-state index in [1.807, 2.05) is 6.92 Å². The van der Waals surface area contributed by atoms with Crippen molar-refractivity contribution in [1.29, 1.82) is 0 Å². The molecule has 0 spiro atoms. The fourth-order valence-corrected chi connectivity index (χ4v) is 1.70. The number of hydrogen-bond donors (Lipinski definition) is 3. The molecular weight excluding hydrogens is 158 g/mol. The Kier molecular flexibility index (Phi) is 2.92. The van der Waals surface area contributed by atoms with E-state index < -0.39 is 6.09 Å². The van der Waals surface area contributed by atoms with Crippen molar-refractivity contribution in [3.63, 3.8) is 0 Å². The lowest BCUT2D eigenvalue weighted by Gasteiger charge is -2.32. The molecule has 1 fully saturated rings. The van der Waals surface area contributed by atoms with Gasteiger partial charge >= 0.3 is 6.09 Å². The van der Waals surface area contributed by atoms with E-state index >= 15 is 0 Å². The van der Waals surface area contributed by atoms with E-state index in [0.29, 0.717) is 0 Å². The van der Waals surface area contributed by atoms with Gasteiger partial charge in [0.25, 0.3) is 0 Å². The maximum absolute atomic E-state index is 10.3. The van der Waals surface area contributed by atoms with Crippen LogP contribution in [0.1, 0.15) is 26.2 Å². The smallest absolute Gasteiger partial charge is 0.404 e. The Morgan fingerprint density at radius 3 is 2.75 bits per heavy atom. The van der Waals surface area contributed by atoms with E-state index in [4.69, 9.17) is 5.11 Å². The number of carbonyl (C=O) groups is 1. The van der Waals surface area contributed by atoms with Gasteiger partial charge in [-0.25, -0.2) is 4.79 Å². The van der Waals surface area contributed by atoms with Crippen molar-refractivity contribution in [3.8, 4) is 0 Å². The lowest BCUT2D eigenvalue weighted by molar-refractivity contribution is 0.0570. The normalized spacial score (nSPS) is 36.0. The summed E-state index contributed by atoms with van der Waals surface area (Å²) >= 11 is 0. The number of hydrogen-bond acceptors (Lipinski definition) is 2. The highest BCUT2D eigenvalue weighted by Gasteiger charge is 2.29. The summed E-state index contributed by atoms with van der Waals surface area (Å²) in [6.07, 6.45) is 1.18. The predicted octanol–water partition coefficient (Wildman–Crippen LogP) is 0.804. The summed E-state index contributed by atoms with van der Waals surface area (Å²) in [7, 11) is 0. The average Bonchev–Trinajstić information content (AvgIpc) is 1.98. The third-order valence-corrected chi connectivity index (χ3v) is 2.57. The molecule has 0 heterocycles. The van der Waals surface area contributed by atoms with E-state index in [2.05, 4.69) is 5.32 Å². The van der Waals surface area contributed by atoms with Crippen molar-refractivity contribution in [2.24, 2.45) is 5.92 Å². The summed E-state index contributed by atoms with van der Waals surface area (Å²) in [5.74, 6) is 0.0369. The number of rotatable bonds is 1. The largest absolute Gasteiger partial charge is 0.465 e. The number of aliphatic hydroxyl groups excluding tert-OH is 1. The van der Waals surface area contributed by atoms with Crippen LogP contribution in [0, 0.1) is 5.92 Å². The lowest BCUT2D eigenvalue weighted by Crippen LogP contribution is -2.45. The van der Waals surface area contributed by atoms with Gasteiger partial charge in [0.15, 0.2) is 0 Å². The number of amides is 1. The molecular formula is C8H15NO3. The van der Waals surface area contributed by atoms with Crippen LogP contribution >= 0.6 is 0 Å². The summed E-state index contributed by atoms with van der Waals surface area (Å²) in [4.78, 5) is 10.3. The van der Waals surface area contributed by atoms with Crippen LogP contribution in [0.3, 0.4) is 0 Å². The molecule has 0 aliphatic heterocycles. The van der Waals surface area contributed by atoms with E-state index in [1.54, 1.807) is 0 Å². The molecule has 3 unspecified atom stereocenters. The third kappa shape index (κ3) is 2.11. The van der Waals surface area contributed by atoms with Crippen LogP contribution in [0.15, 0.2) is 0 Å². The molecule has 1 aliphatic rings. The zero-order chi connectivity index (χ0) is 9.14. The van der Waals surface area contributed by atoms with Crippen LogP contribution in [0.5, 0.6) is 0 Å². The molecule has 1 rings (SSSR count). The van der Waals surface area contributed by atoms with Gasteiger partial charge in [0.1, 0.15) is 0 Å². The van der Waals surface area contributed by atoms with Crippen LogP contribution in [-0.2, 0) is 0 Å². The molecule has 0 aromatic rings. The fourth-order valence-electron chi connectivity index (χ4n) is 1.70. The molecule has 0 aromatic heterocycles. The van der Waals surface area contributed by atoms with Gasteiger partial charge in [0.2, 0.25) is 0 Å². The SMILES string of the molecule is CC1C(O)CCCC1NC(=O)O. The number of carboxylic acid groups (broad SMARTS) is 1. The molecule has 3 N–H and O–H groups in total. The number of nitrogens with one attached hydrogen (secondary N) is 1. The Morgan fingerprint density at radius 1 is 1.50 bits per heavy atom. The highest BCUT2D eigenvalue weighted by molar-refractivity contribution is 5.64. The minimum Gasteiger partial charge on any atom is -0.465 e. The Balaban J connectivity index is 2.46. The van der Waals surface area contributed by atoms with E-state index in [1.165, 1.54) is 0 Å². The maximum atomic E-state index is 10.3. The van der Waals surface area contributed by atoms with Gasteiger partial charge in [-0.1, -0.05) is 6.92 Å². The molecule has 70 valence electrons. The van der Waals surface area contributed by atoms with Gasteiger partial charge in [0, 0.05) is 12.0 Å². The predicted molar refractivity (Wildman–Crippen MR) is 44.0 cm³/mol. The van der Waals surface area contributed by atoms with Gasteiger partial charge in [-0.05, 0) is 19.3 Å². The second kappa shape index (κ2) is 3.76. The van der Waals surface area contributed by atoms with Crippen molar-refractivity contribution in [2.45, 2.75) is 38.3 Å². The van der Waals surface area contributed by atoms with Crippen molar-refractivity contribution in [2.75, 3.05) is 0 Å². The molecule has 0 radical (unpaired) electrons. The zero-order valence-corrected chi connectivity index (χ0v) is 7.16. The highest BCUT2D eigenvalue weighted by atomic mass is 16.4. The fraction of sp³-hybridized carbons (Fsp3) is 0.875. The summed E-state index contributed by atoms with van der Waals surface area (Å²) < 4.78 is 0. The summed E-state index contributed by atoms with van der Waals surface area (Å²) in [5.41, 5.74) is 0. The first-order chi connectivity index (χ1) is 5.61. The molecule has 0 aromatic carbocycles. The van der Waals surface area contributed by atoms with Crippen molar-refractivity contribution >= 4 is 6.09 Å². The Bertz CT molecular complexity index is 172. The zero-order valence-electron chi connectivity index (χ0n) is 7.16. The van der Waals surface area contributed by atoms with Crippen molar-refractivity contribution in [3.05, 3.63) is 0 Å². The van der Waals surface area contributed by atoms with Crippen LogP contribution < -0.4 is 5.32 Å². The number of aliphatic hydroxyl groups is 1. The quantitative estimate of drug-likeness (QED) is 0.549. The minimum absolute atomic E-state index is 0.0369. The van der Waals surface area contributed by atoms with Gasteiger partial charge in [-0.15, -0.1) is 0 Å². The van der Waals surface area contributed by atoms with Crippen LogP contribution in [0.4, 0.5) is 4.79 Å². The molecule has 3 atom stereocenters. The Morgan fingerprint density at radius 2 is 2.17 bits per heavy atom. The average molecular weight is 173 g/mol. The molecule has 0 bridgehead atoms. The van der Waals surface area contributed by atoms with Crippen molar-refractivity contribution in [1.82, 2.24) is 5.32 Å². The summed E-state index contributed by atoms with van der Waals surface area (Å²) in [6, 6.07) is -0.0775. The second-order valence-electron chi connectivity index (χ2n) is 3.41. The first kappa shape index (κ1) is 9.32. The molecule has 4 nitrogen and oxygen atoms in total. The Hall–Kier alpha value is -0.770. The molecule has 4 heteroatoms. The molecule has 0 saturated heterocycles. The topological polar surface area (TPSA) is 69.6 Å². The van der Waals surface area contributed by atoms with Crippen molar-refractivity contribution < 1.29 is 15.0 Å². The molecule has 1 amide bonds. The third-order valence-electron chi connectivity index (χ3n) is 2.57. The van der Waals surface area contributed by atoms with Gasteiger partial charge in [-0.2, -0.15) is 0 Å². The van der Waals surface area contributed by atoms with E-state index in [-0.39, 0.29) is 18.1 Å². The lowest BCUT2D eigenvalue weighted by atomic mass is 9.83. The molecule has 1 aliphatic carbocycles. The first-order valence-electron chi connectivity index (χ1n) is 4.29. The second-order valence-corrected chi connectivity index (χ2v) is 3.41. The first-order valence-corrected chi connectivity index (χ1v) is 4.29. The standard InChI is InChI=1S/C8H15NO3/c1-5-6(9-8(11)12)3-2-4-7(5)10/h5-7,9-10H,2-4H2,1H3,(H,11,12). The minimum atomic E-state index is -0.999. The van der Waals surface area contributed by atoms with Crippen LogP contribution in [0.25, 0.3) is 0 Å². The maximum Gasteiger partial charge on any atom is 0.404 e. The van der Waals surface area contributed by atoms with Gasteiger partial charge in [0.05, 0.1) is 6.10 Å². The Labute approximate surface area is 71.6 Å². The van der Waals surface area contributed by atoms with Gasteiger partial charge in [-0.3, -0.25) is 0 Å². The monoisotopic (exact) mass is 173 g/mol. The highest BCUT2D eigenvalue weighted by Crippen LogP contribution is 2.24. The molecule has 1 saturated carbocycles. The summed E-state index contributed by atoms with van der Waals surface area (Å²) in [5, 5.41) is 20.3. The van der Waals surface area contributed by atoms with E-state index in [9.17, 15) is 9.90 Å². The van der Waals surface area contributed by atoms with Gasteiger partial charge < -0.3 is 15.5 Å². The van der Waals surface area contributed by atoms with Crippen LogP contribution in [-0.4, -0.2) is 28.5 Å². The van der Waals surface area contributed by atoms with Crippen LogP contribution in [0.2, 0.25) is 0 Å². The summed E-state index contributed by atoms with van der Waals surface area (Å²) in [6.45, 7) is 1.88. The van der Waals surface area contributed by atoms with E-state index in [0.717, 1.165) is 19.3 Å². The molecule has 12 heavy (non-hydrogen) atoms.